The first-order valence-electron chi connectivity index (χ1n) is 5.10. The number of rotatable bonds is 2. The highest BCUT2D eigenvalue weighted by atomic mass is 35.5. The summed E-state index contributed by atoms with van der Waals surface area (Å²) in [6.45, 7) is 3.89. The highest BCUT2D eigenvalue weighted by molar-refractivity contribution is 6.29. The van der Waals surface area contributed by atoms with Crippen LogP contribution in [0, 0.1) is 0 Å². The average Bonchev–Trinajstić information content (AvgIpc) is 2.58. The third-order valence-electron chi connectivity index (χ3n) is 2.38. The molecule has 0 saturated heterocycles. The van der Waals surface area contributed by atoms with E-state index in [0.717, 1.165) is 0 Å². The van der Waals surface area contributed by atoms with Crippen LogP contribution < -0.4 is 11.3 Å². The molecule has 0 aliphatic carbocycles. The number of hydrogen-bond donors (Lipinski definition) is 2. The fourth-order valence-electron chi connectivity index (χ4n) is 1.50. The number of nitrogen functional groups attached to an aromatic ring is 1. The van der Waals surface area contributed by atoms with Gasteiger partial charge in [-0.1, -0.05) is 25.4 Å². The van der Waals surface area contributed by atoms with Crippen molar-refractivity contribution in [1.29, 1.82) is 0 Å². The predicted molar refractivity (Wildman–Crippen MR) is 65.5 cm³/mol. The van der Waals surface area contributed by atoms with Gasteiger partial charge in [-0.2, -0.15) is 4.68 Å². The van der Waals surface area contributed by atoms with Gasteiger partial charge in [0.15, 0.2) is 11.0 Å². The van der Waals surface area contributed by atoms with Gasteiger partial charge in [-0.25, -0.2) is 0 Å². The maximum Gasteiger partial charge on any atom is 0.296 e. The Hall–Kier alpha value is -1.82. The van der Waals surface area contributed by atoms with Crippen LogP contribution in [-0.2, 0) is 0 Å². The van der Waals surface area contributed by atoms with Crippen molar-refractivity contribution in [1.82, 2.24) is 20.0 Å². The summed E-state index contributed by atoms with van der Waals surface area (Å²) in [5.74, 6) is 0.488. The number of halogens is 1. The van der Waals surface area contributed by atoms with Gasteiger partial charge in [-0.3, -0.25) is 9.89 Å². The van der Waals surface area contributed by atoms with Crippen LogP contribution in [0.15, 0.2) is 16.9 Å². The van der Waals surface area contributed by atoms with Gasteiger partial charge in [-0.15, -0.1) is 10.2 Å². The lowest BCUT2D eigenvalue weighted by Gasteiger charge is -2.02. The summed E-state index contributed by atoms with van der Waals surface area (Å²) >= 11 is 5.63. The first kappa shape index (κ1) is 11.7. The first-order valence-corrected chi connectivity index (χ1v) is 5.48. The lowest BCUT2D eigenvalue weighted by Crippen LogP contribution is -2.18. The van der Waals surface area contributed by atoms with Crippen molar-refractivity contribution < 1.29 is 0 Å². The second-order valence-electron chi connectivity index (χ2n) is 3.95. The Morgan fingerprint density at radius 2 is 2.12 bits per heavy atom. The molecular formula is C10H12ClN5O. The summed E-state index contributed by atoms with van der Waals surface area (Å²) in [4.78, 5) is 11.9. The summed E-state index contributed by atoms with van der Waals surface area (Å²) in [7, 11) is 0. The molecule has 7 heteroatoms. The van der Waals surface area contributed by atoms with Gasteiger partial charge < -0.3 is 5.73 Å². The number of anilines is 1. The van der Waals surface area contributed by atoms with E-state index in [0.29, 0.717) is 11.5 Å². The molecule has 0 amide bonds. The summed E-state index contributed by atoms with van der Waals surface area (Å²) in [5.41, 5.74) is 6.30. The number of aromatic nitrogens is 4. The zero-order chi connectivity index (χ0) is 12.6. The Labute approximate surface area is 102 Å². The lowest BCUT2D eigenvalue weighted by atomic mass is 10.1. The molecule has 0 atom stereocenters. The van der Waals surface area contributed by atoms with Gasteiger partial charge in [0.05, 0.1) is 5.69 Å². The zero-order valence-corrected chi connectivity index (χ0v) is 10.2. The van der Waals surface area contributed by atoms with Crippen LogP contribution >= 0.6 is 11.6 Å². The van der Waals surface area contributed by atoms with Crippen molar-refractivity contribution in [2.75, 3.05) is 5.73 Å². The molecule has 0 unspecified atom stereocenters. The molecule has 0 aliphatic rings. The maximum absolute atomic E-state index is 11.9. The van der Waals surface area contributed by atoms with Crippen molar-refractivity contribution in [3.63, 3.8) is 0 Å². The predicted octanol–water partition coefficient (Wildman–Crippen LogP) is 1.31. The molecule has 0 bridgehead atoms. The molecule has 2 rings (SSSR count). The van der Waals surface area contributed by atoms with Gasteiger partial charge in [-0.05, 0) is 18.1 Å². The standard InChI is InChI=1S/C10H12ClN5O/c1-5(2)9-8(12)10(17)16(15-9)7-4-3-6(11)13-14-7/h3-5,15H,12H2,1-2H3. The Balaban J connectivity index is 2.57. The van der Waals surface area contributed by atoms with Crippen LogP contribution in [0.4, 0.5) is 5.69 Å². The van der Waals surface area contributed by atoms with Gasteiger partial charge >= 0.3 is 0 Å². The maximum atomic E-state index is 11.9. The van der Waals surface area contributed by atoms with Gasteiger partial charge in [0.1, 0.15) is 5.69 Å². The summed E-state index contributed by atoms with van der Waals surface area (Å²) in [5, 5.41) is 10.7. The SMILES string of the molecule is CC(C)c1[nH]n(-c2ccc(Cl)nn2)c(=O)c1N. The average molecular weight is 254 g/mol. The minimum Gasteiger partial charge on any atom is -0.393 e. The Morgan fingerprint density at radius 3 is 2.59 bits per heavy atom. The fourth-order valence-corrected chi connectivity index (χ4v) is 1.60. The van der Waals surface area contributed by atoms with Crippen molar-refractivity contribution in [3.05, 3.63) is 33.3 Å². The summed E-state index contributed by atoms with van der Waals surface area (Å²) in [6, 6.07) is 3.15. The molecule has 0 spiro atoms. The zero-order valence-electron chi connectivity index (χ0n) is 9.44. The Bertz CT molecular complexity index is 584. The normalized spacial score (nSPS) is 11.1. The van der Waals surface area contributed by atoms with E-state index in [-0.39, 0.29) is 22.3 Å². The fraction of sp³-hybridized carbons (Fsp3) is 0.300. The number of nitrogens with zero attached hydrogens (tertiary/aromatic N) is 3. The molecule has 0 aromatic carbocycles. The molecule has 2 heterocycles. The molecule has 0 saturated carbocycles. The first-order chi connectivity index (χ1) is 8.00. The lowest BCUT2D eigenvalue weighted by molar-refractivity contribution is 0.737. The third-order valence-corrected chi connectivity index (χ3v) is 2.58. The quantitative estimate of drug-likeness (QED) is 0.845. The molecule has 17 heavy (non-hydrogen) atoms. The van der Waals surface area contributed by atoms with E-state index in [4.69, 9.17) is 17.3 Å². The van der Waals surface area contributed by atoms with Crippen molar-refractivity contribution in [2.45, 2.75) is 19.8 Å². The number of nitrogens with one attached hydrogen (secondary N) is 1. The van der Waals surface area contributed by atoms with Crippen LogP contribution in [0.25, 0.3) is 5.82 Å². The molecule has 2 aromatic rings. The van der Waals surface area contributed by atoms with Crippen LogP contribution in [-0.4, -0.2) is 20.0 Å². The van der Waals surface area contributed by atoms with Gasteiger partial charge in [0, 0.05) is 0 Å². The van der Waals surface area contributed by atoms with E-state index in [1.54, 1.807) is 12.1 Å². The number of aromatic amines is 1. The highest BCUT2D eigenvalue weighted by Gasteiger charge is 2.15. The molecule has 90 valence electrons. The Morgan fingerprint density at radius 1 is 1.41 bits per heavy atom. The van der Waals surface area contributed by atoms with Crippen LogP contribution in [0.3, 0.4) is 0 Å². The Kier molecular flexibility index (Phi) is 2.89. The molecule has 0 aliphatic heterocycles. The summed E-state index contributed by atoms with van der Waals surface area (Å²) < 4.78 is 1.26. The second kappa shape index (κ2) is 4.21. The van der Waals surface area contributed by atoms with Crippen LogP contribution in [0.2, 0.25) is 5.15 Å². The highest BCUT2D eigenvalue weighted by Crippen LogP contribution is 2.17. The second-order valence-corrected chi connectivity index (χ2v) is 4.34. The van der Waals surface area contributed by atoms with Gasteiger partial charge in [0.2, 0.25) is 0 Å². The van der Waals surface area contributed by atoms with E-state index < -0.39 is 0 Å². The topological polar surface area (TPSA) is 89.6 Å². The number of hydrogen-bond acceptors (Lipinski definition) is 4. The number of H-pyrrole nitrogens is 1. The van der Waals surface area contributed by atoms with E-state index >= 15 is 0 Å². The van der Waals surface area contributed by atoms with Crippen molar-refractivity contribution in [2.24, 2.45) is 0 Å². The van der Waals surface area contributed by atoms with Crippen molar-refractivity contribution in [3.8, 4) is 5.82 Å². The van der Waals surface area contributed by atoms with E-state index in [1.807, 2.05) is 13.8 Å². The van der Waals surface area contributed by atoms with E-state index in [9.17, 15) is 4.79 Å². The molecule has 0 radical (unpaired) electrons. The molecule has 2 aromatic heterocycles. The minimum atomic E-state index is -0.328. The largest absolute Gasteiger partial charge is 0.393 e. The van der Waals surface area contributed by atoms with Crippen LogP contribution in [0.5, 0.6) is 0 Å². The van der Waals surface area contributed by atoms with Crippen molar-refractivity contribution >= 4 is 17.3 Å². The third kappa shape index (κ3) is 2.03. The molecular weight excluding hydrogens is 242 g/mol. The summed E-state index contributed by atoms with van der Waals surface area (Å²) in [6.07, 6.45) is 0. The van der Waals surface area contributed by atoms with Crippen LogP contribution in [0.1, 0.15) is 25.5 Å². The number of nitrogens with two attached hydrogens (primary N) is 1. The molecule has 6 nitrogen and oxygen atoms in total. The smallest absolute Gasteiger partial charge is 0.296 e. The molecule has 0 fully saturated rings. The molecule has 3 N–H and O–H groups in total. The van der Waals surface area contributed by atoms with Gasteiger partial charge in [0.25, 0.3) is 5.56 Å². The van der Waals surface area contributed by atoms with E-state index in [1.165, 1.54) is 4.68 Å². The minimum absolute atomic E-state index is 0.129. The van der Waals surface area contributed by atoms with E-state index in [2.05, 4.69) is 15.3 Å². The monoisotopic (exact) mass is 253 g/mol.